The SMILES string of the molecule is COc1cc2c(cc1OC)CN(C=O)C2.Cc1c(Sc2c(Cl)cccc2Cl)cc(C(C)(F)F)[nH]c1=O. The maximum atomic E-state index is 13.4. The van der Waals surface area contributed by atoms with Crippen molar-refractivity contribution >= 4 is 41.4 Å². The van der Waals surface area contributed by atoms with E-state index < -0.39 is 17.2 Å². The van der Waals surface area contributed by atoms with Gasteiger partial charge < -0.3 is 19.4 Å². The Morgan fingerprint density at radius 3 is 2.03 bits per heavy atom. The number of aromatic nitrogens is 1. The Morgan fingerprint density at radius 2 is 1.58 bits per heavy atom. The van der Waals surface area contributed by atoms with Gasteiger partial charge >= 0.3 is 0 Å². The van der Waals surface area contributed by atoms with Crippen LogP contribution in [0.25, 0.3) is 0 Å². The number of benzene rings is 2. The summed E-state index contributed by atoms with van der Waals surface area (Å²) in [5.41, 5.74) is 1.59. The molecule has 1 aliphatic heterocycles. The lowest BCUT2D eigenvalue weighted by Gasteiger charge is -2.14. The highest BCUT2D eigenvalue weighted by Crippen LogP contribution is 2.40. The quantitative estimate of drug-likeness (QED) is 0.354. The number of halogens is 4. The van der Waals surface area contributed by atoms with Crippen LogP contribution in [0.2, 0.25) is 10.0 Å². The van der Waals surface area contributed by atoms with Gasteiger partial charge in [0.25, 0.3) is 11.5 Å². The fourth-order valence-corrected chi connectivity index (χ4v) is 5.06. The van der Waals surface area contributed by atoms with Crippen LogP contribution in [0.15, 0.2) is 51.0 Å². The highest BCUT2D eigenvalue weighted by Gasteiger charge is 2.27. The largest absolute Gasteiger partial charge is 0.493 e. The molecule has 0 unspecified atom stereocenters. The number of ether oxygens (including phenoxy) is 2. The van der Waals surface area contributed by atoms with Crippen molar-refractivity contribution in [3.05, 3.63) is 79.2 Å². The van der Waals surface area contributed by atoms with Crippen molar-refractivity contribution in [3.8, 4) is 11.5 Å². The number of aromatic amines is 1. The number of nitrogens with zero attached hydrogens (tertiary/aromatic N) is 1. The Kier molecular flexibility index (Phi) is 8.92. The lowest BCUT2D eigenvalue weighted by atomic mass is 10.1. The van der Waals surface area contributed by atoms with E-state index in [0.717, 1.165) is 36.2 Å². The van der Waals surface area contributed by atoms with Crippen molar-refractivity contribution in [2.45, 2.75) is 42.7 Å². The van der Waals surface area contributed by atoms with E-state index in [-0.39, 0.29) is 0 Å². The number of methoxy groups -OCH3 is 2. The Morgan fingerprint density at radius 1 is 1.06 bits per heavy atom. The van der Waals surface area contributed by atoms with Gasteiger partial charge in [-0.25, -0.2) is 8.78 Å². The summed E-state index contributed by atoms with van der Waals surface area (Å²) in [6, 6.07) is 10.1. The average Bonchev–Trinajstić information content (AvgIpc) is 3.24. The molecule has 0 saturated carbocycles. The monoisotopic (exact) mass is 556 g/mol. The first kappa shape index (κ1) is 27.8. The molecule has 0 aliphatic carbocycles. The van der Waals surface area contributed by atoms with Crippen LogP contribution in [0.1, 0.15) is 29.3 Å². The van der Waals surface area contributed by atoms with Crippen LogP contribution in [0.5, 0.6) is 11.5 Å². The summed E-state index contributed by atoms with van der Waals surface area (Å²) in [6.07, 6.45) is 0.860. The molecule has 6 nitrogen and oxygen atoms in total. The number of pyridine rings is 1. The first-order valence-electron chi connectivity index (χ1n) is 10.7. The van der Waals surface area contributed by atoms with Gasteiger partial charge in [-0.2, -0.15) is 0 Å². The molecule has 192 valence electrons. The number of nitrogens with one attached hydrogen (secondary N) is 1. The second-order valence-electron chi connectivity index (χ2n) is 8.03. The predicted octanol–water partition coefficient (Wildman–Crippen LogP) is 6.43. The fourth-order valence-electron chi connectivity index (χ4n) is 3.46. The number of hydrogen-bond donors (Lipinski definition) is 1. The van der Waals surface area contributed by atoms with Gasteiger partial charge in [0.1, 0.15) is 0 Å². The van der Waals surface area contributed by atoms with E-state index in [1.54, 1.807) is 44.2 Å². The molecule has 0 saturated heterocycles. The van der Waals surface area contributed by atoms with Crippen molar-refractivity contribution in [2.24, 2.45) is 0 Å². The van der Waals surface area contributed by atoms with Crippen LogP contribution in [0, 0.1) is 6.92 Å². The zero-order chi connectivity index (χ0) is 26.6. The fraction of sp³-hybridized carbons (Fsp3) is 0.280. The van der Waals surface area contributed by atoms with Gasteiger partial charge in [0.2, 0.25) is 6.41 Å². The number of alkyl halides is 2. The van der Waals surface area contributed by atoms with E-state index >= 15 is 0 Å². The number of fused-ring (bicyclic) bond motifs is 1. The Labute approximate surface area is 221 Å². The van der Waals surface area contributed by atoms with E-state index in [2.05, 4.69) is 4.98 Å². The maximum absolute atomic E-state index is 13.4. The molecule has 2 heterocycles. The van der Waals surface area contributed by atoms with Crippen molar-refractivity contribution in [1.82, 2.24) is 9.88 Å². The molecule has 0 fully saturated rings. The van der Waals surface area contributed by atoms with E-state index in [0.29, 0.717) is 50.0 Å². The molecular formula is C25H24Cl2F2N2O4S. The summed E-state index contributed by atoms with van der Waals surface area (Å²) in [6.45, 7) is 3.59. The number of amides is 1. The third kappa shape index (κ3) is 6.32. The van der Waals surface area contributed by atoms with E-state index in [1.165, 1.54) is 6.07 Å². The molecule has 0 bridgehead atoms. The smallest absolute Gasteiger partial charge is 0.284 e. The standard InChI is InChI=1S/C14H11Cl2F2NOS.C11H13NO3/c1-7-10(6-11(14(2,17)18)19-13(7)20)21-12-8(15)4-3-5-9(12)16;1-14-10-3-8-5-12(7-13)6-9(8)4-11(10)15-2/h3-6H,1-2H3,(H,19,20);3-4,7H,5-6H2,1-2H3. The Bertz CT molecular complexity index is 1280. The highest BCUT2D eigenvalue weighted by molar-refractivity contribution is 7.99. The van der Waals surface area contributed by atoms with Gasteiger partial charge in [-0.3, -0.25) is 9.59 Å². The minimum Gasteiger partial charge on any atom is -0.493 e. The molecule has 2 aromatic carbocycles. The summed E-state index contributed by atoms with van der Waals surface area (Å²) in [7, 11) is 3.22. The van der Waals surface area contributed by atoms with Gasteiger partial charge in [-0.05, 0) is 48.4 Å². The third-order valence-corrected chi connectivity index (χ3v) is 7.58. The predicted molar refractivity (Wildman–Crippen MR) is 137 cm³/mol. The summed E-state index contributed by atoms with van der Waals surface area (Å²) < 4.78 is 37.2. The van der Waals surface area contributed by atoms with Gasteiger partial charge in [0.15, 0.2) is 11.5 Å². The molecule has 0 radical (unpaired) electrons. The number of hydrogen-bond acceptors (Lipinski definition) is 5. The van der Waals surface area contributed by atoms with Crippen molar-refractivity contribution in [3.63, 3.8) is 0 Å². The molecule has 1 amide bonds. The third-order valence-electron chi connectivity index (χ3n) is 5.44. The minimum absolute atomic E-state index is 0.337. The molecule has 1 aliphatic rings. The first-order valence-corrected chi connectivity index (χ1v) is 12.2. The topological polar surface area (TPSA) is 71.6 Å². The van der Waals surface area contributed by atoms with Crippen LogP contribution in [0.3, 0.4) is 0 Å². The molecule has 11 heteroatoms. The second-order valence-corrected chi connectivity index (χ2v) is 9.90. The number of H-pyrrole nitrogens is 1. The van der Waals surface area contributed by atoms with E-state index in [1.807, 2.05) is 12.1 Å². The molecular weight excluding hydrogens is 533 g/mol. The lowest BCUT2D eigenvalue weighted by Crippen LogP contribution is -2.19. The number of rotatable bonds is 6. The molecule has 4 rings (SSSR count). The van der Waals surface area contributed by atoms with Crippen molar-refractivity contribution < 1.29 is 23.0 Å². The Hall–Kier alpha value is -2.75. The Balaban J connectivity index is 0.000000212. The minimum atomic E-state index is -3.13. The summed E-state index contributed by atoms with van der Waals surface area (Å²) in [4.78, 5) is 27.3. The average molecular weight is 557 g/mol. The van der Waals surface area contributed by atoms with Crippen LogP contribution in [-0.2, 0) is 23.8 Å². The lowest BCUT2D eigenvalue weighted by molar-refractivity contribution is -0.118. The van der Waals surface area contributed by atoms with Crippen LogP contribution in [-0.4, -0.2) is 30.5 Å². The van der Waals surface area contributed by atoms with Crippen LogP contribution in [0.4, 0.5) is 8.78 Å². The van der Waals surface area contributed by atoms with E-state index in [9.17, 15) is 18.4 Å². The van der Waals surface area contributed by atoms with Gasteiger partial charge in [-0.15, -0.1) is 0 Å². The maximum Gasteiger partial charge on any atom is 0.284 e. The zero-order valence-electron chi connectivity index (χ0n) is 20.0. The second kappa shape index (κ2) is 11.5. The molecule has 3 aromatic rings. The first-order chi connectivity index (χ1) is 17.0. The highest BCUT2D eigenvalue weighted by atomic mass is 35.5. The van der Waals surface area contributed by atoms with Gasteiger partial charge in [-0.1, -0.05) is 41.0 Å². The zero-order valence-corrected chi connectivity index (χ0v) is 22.3. The number of carbonyl (C=O) groups excluding carboxylic acids is 1. The summed E-state index contributed by atoms with van der Waals surface area (Å²) in [5.74, 6) is -1.71. The van der Waals surface area contributed by atoms with Gasteiger partial charge in [0, 0.05) is 35.4 Å². The van der Waals surface area contributed by atoms with Crippen LogP contribution >= 0.6 is 35.0 Å². The molecule has 0 spiro atoms. The number of carbonyl (C=O) groups is 1. The summed E-state index contributed by atoms with van der Waals surface area (Å²) >= 11 is 13.2. The van der Waals surface area contributed by atoms with E-state index in [4.69, 9.17) is 32.7 Å². The van der Waals surface area contributed by atoms with Gasteiger partial charge in [0.05, 0.1) is 30.0 Å². The molecule has 1 aromatic heterocycles. The molecule has 0 atom stereocenters. The molecule has 1 N–H and O–H groups in total. The molecule has 36 heavy (non-hydrogen) atoms. The summed E-state index contributed by atoms with van der Waals surface area (Å²) in [5, 5.41) is 0.800. The van der Waals surface area contributed by atoms with Crippen LogP contribution < -0.4 is 15.0 Å². The van der Waals surface area contributed by atoms with Crippen molar-refractivity contribution in [1.29, 1.82) is 0 Å². The van der Waals surface area contributed by atoms with Crippen molar-refractivity contribution in [2.75, 3.05) is 14.2 Å². The normalized spacial score (nSPS) is 12.5.